The van der Waals surface area contributed by atoms with Crippen molar-refractivity contribution in [3.8, 4) is 0 Å². The topological polar surface area (TPSA) is 32.3 Å². The highest BCUT2D eigenvalue weighted by Crippen LogP contribution is 2.06. The lowest BCUT2D eigenvalue weighted by atomic mass is 10.1. The summed E-state index contributed by atoms with van der Waals surface area (Å²) >= 11 is 0. The van der Waals surface area contributed by atoms with Crippen LogP contribution in [0.25, 0.3) is 0 Å². The molecule has 0 saturated carbocycles. The van der Waals surface area contributed by atoms with Crippen LogP contribution in [0, 0.1) is 0 Å². The minimum Gasteiger partial charge on any atom is -0.356 e. The van der Waals surface area contributed by atoms with Crippen molar-refractivity contribution in [3.63, 3.8) is 0 Å². The number of unbranched alkanes of at least 4 members (excludes halogenated alkanes) is 4. The Morgan fingerprint density at radius 2 is 1.53 bits per heavy atom. The Labute approximate surface area is 107 Å². The van der Waals surface area contributed by atoms with Crippen molar-refractivity contribution in [2.75, 3.05) is 26.2 Å². The van der Waals surface area contributed by atoms with Gasteiger partial charge >= 0.3 is 0 Å². The molecule has 0 saturated heterocycles. The normalized spacial score (nSPS) is 10.8. The zero-order valence-corrected chi connectivity index (χ0v) is 11.9. The van der Waals surface area contributed by atoms with Gasteiger partial charge in [0, 0.05) is 13.0 Å². The lowest BCUT2D eigenvalue weighted by Gasteiger charge is -2.17. The average Bonchev–Trinajstić information content (AvgIpc) is 2.33. The Morgan fingerprint density at radius 1 is 0.941 bits per heavy atom. The third-order valence-electron chi connectivity index (χ3n) is 3.15. The molecule has 0 unspecified atom stereocenters. The molecule has 0 rings (SSSR count). The molecule has 0 heterocycles. The number of amides is 1. The van der Waals surface area contributed by atoms with Crippen LogP contribution >= 0.6 is 0 Å². The monoisotopic (exact) mass is 242 g/mol. The number of hydrogen-bond donors (Lipinski definition) is 1. The number of nitrogens with zero attached hydrogens (tertiary/aromatic N) is 1. The van der Waals surface area contributed by atoms with E-state index in [1.165, 1.54) is 32.2 Å². The minimum absolute atomic E-state index is 0.204. The molecule has 0 aromatic rings. The summed E-state index contributed by atoms with van der Waals surface area (Å²) in [4.78, 5) is 13.6. The van der Waals surface area contributed by atoms with Gasteiger partial charge in [0.25, 0.3) is 0 Å². The molecule has 0 bridgehead atoms. The molecule has 1 N–H and O–H groups in total. The van der Waals surface area contributed by atoms with E-state index in [1.807, 2.05) is 6.92 Å². The SMILES string of the molecule is CCNC(=O)CCCCCCCN(CC)CC. The fourth-order valence-electron chi connectivity index (χ4n) is 1.98. The number of rotatable bonds is 11. The van der Waals surface area contributed by atoms with Crippen LogP contribution in [0.3, 0.4) is 0 Å². The molecule has 0 aromatic heterocycles. The van der Waals surface area contributed by atoms with Gasteiger partial charge < -0.3 is 10.2 Å². The summed E-state index contributed by atoms with van der Waals surface area (Å²) < 4.78 is 0. The van der Waals surface area contributed by atoms with Crippen LogP contribution in [0.1, 0.15) is 59.3 Å². The summed E-state index contributed by atoms with van der Waals surface area (Å²) in [6.45, 7) is 10.7. The molecule has 102 valence electrons. The van der Waals surface area contributed by atoms with Crippen molar-refractivity contribution in [2.45, 2.75) is 59.3 Å². The van der Waals surface area contributed by atoms with Crippen LogP contribution in [-0.2, 0) is 4.79 Å². The Hall–Kier alpha value is -0.570. The van der Waals surface area contributed by atoms with Crippen LogP contribution in [0.4, 0.5) is 0 Å². The Kier molecular flexibility index (Phi) is 11.5. The largest absolute Gasteiger partial charge is 0.356 e. The van der Waals surface area contributed by atoms with E-state index >= 15 is 0 Å². The predicted octanol–water partition coefficient (Wildman–Crippen LogP) is 2.80. The fourth-order valence-corrected chi connectivity index (χ4v) is 1.98. The van der Waals surface area contributed by atoms with Crippen molar-refractivity contribution in [2.24, 2.45) is 0 Å². The van der Waals surface area contributed by atoms with Crippen molar-refractivity contribution >= 4 is 5.91 Å². The lowest BCUT2D eigenvalue weighted by molar-refractivity contribution is -0.121. The molecule has 0 fully saturated rings. The van der Waals surface area contributed by atoms with Crippen LogP contribution in [0.15, 0.2) is 0 Å². The minimum atomic E-state index is 0.204. The van der Waals surface area contributed by atoms with E-state index in [0.29, 0.717) is 6.42 Å². The molecule has 0 atom stereocenters. The number of carbonyl (C=O) groups is 1. The molecule has 0 spiro atoms. The quantitative estimate of drug-likeness (QED) is 0.565. The highest BCUT2D eigenvalue weighted by atomic mass is 16.1. The zero-order chi connectivity index (χ0) is 12.9. The van der Waals surface area contributed by atoms with Gasteiger partial charge in [-0.2, -0.15) is 0 Å². The predicted molar refractivity (Wildman–Crippen MR) is 74.2 cm³/mol. The number of nitrogens with one attached hydrogen (secondary N) is 1. The standard InChI is InChI=1S/C14H30N2O/c1-4-15-14(17)12-10-8-7-9-11-13-16(5-2)6-3/h4-13H2,1-3H3,(H,15,17). The van der Waals surface area contributed by atoms with Gasteiger partial charge in [0.1, 0.15) is 0 Å². The third kappa shape index (κ3) is 10.3. The maximum absolute atomic E-state index is 11.2. The molecule has 3 nitrogen and oxygen atoms in total. The van der Waals surface area contributed by atoms with Gasteiger partial charge in [-0.15, -0.1) is 0 Å². The molecule has 0 radical (unpaired) electrons. The van der Waals surface area contributed by atoms with E-state index < -0.39 is 0 Å². The molecule has 1 amide bonds. The first-order valence-electron chi connectivity index (χ1n) is 7.23. The van der Waals surface area contributed by atoms with E-state index in [1.54, 1.807) is 0 Å². The summed E-state index contributed by atoms with van der Waals surface area (Å²) in [7, 11) is 0. The molecule has 0 aromatic carbocycles. The summed E-state index contributed by atoms with van der Waals surface area (Å²) in [6.07, 6.45) is 6.78. The summed E-state index contributed by atoms with van der Waals surface area (Å²) in [6, 6.07) is 0. The molecule has 0 aliphatic rings. The highest BCUT2D eigenvalue weighted by Gasteiger charge is 2.00. The first-order chi connectivity index (χ1) is 8.24. The van der Waals surface area contributed by atoms with Crippen molar-refractivity contribution in [1.82, 2.24) is 10.2 Å². The van der Waals surface area contributed by atoms with Crippen LogP contribution < -0.4 is 5.32 Å². The van der Waals surface area contributed by atoms with Crippen molar-refractivity contribution < 1.29 is 4.79 Å². The molecular weight excluding hydrogens is 212 g/mol. The van der Waals surface area contributed by atoms with Crippen LogP contribution in [0.5, 0.6) is 0 Å². The molecular formula is C14H30N2O. The molecule has 3 heteroatoms. The summed E-state index contributed by atoms with van der Waals surface area (Å²) in [5, 5.41) is 2.83. The number of carbonyl (C=O) groups excluding carboxylic acids is 1. The summed E-state index contributed by atoms with van der Waals surface area (Å²) in [5.74, 6) is 0.204. The second-order valence-corrected chi connectivity index (χ2v) is 4.50. The molecule has 17 heavy (non-hydrogen) atoms. The van der Waals surface area contributed by atoms with Gasteiger partial charge in [-0.25, -0.2) is 0 Å². The van der Waals surface area contributed by atoms with Gasteiger partial charge in [0.05, 0.1) is 0 Å². The fraction of sp³-hybridized carbons (Fsp3) is 0.929. The average molecular weight is 242 g/mol. The van der Waals surface area contributed by atoms with E-state index in [4.69, 9.17) is 0 Å². The molecule has 0 aliphatic carbocycles. The van der Waals surface area contributed by atoms with Crippen molar-refractivity contribution in [1.29, 1.82) is 0 Å². The van der Waals surface area contributed by atoms with Gasteiger partial charge in [-0.3, -0.25) is 4.79 Å². The Balaban J connectivity index is 3.21. The highest BCUT2D eigenvalue weighted by molar-refractivity contribution is 5.75. The van der Waals surface area contributed by atoms with E-state index in [-0.39, 0.29) is 5.91 Å². The van der Waals surface area contributed by atoms with E-state index in [9.17, 15) is 4.79 Å². The van der Waals surface area contributed by atoms with Gasteiger partial charge in [-0.05, 0) is 39.4 Å². The Bertz CT molecular complexity index is 179. The second-order valence-electron chi connectivity index (χ2n) is 4.50. The van der Waals surface area contributed by atoms with E-state index in [2.05, 4.69) is 24.1 Å². The van der Waals surface area contributed by atoms with Crippen LogP contribution in [0.2, 0.25) is 0 Å². The maximum Gasteiger partial charge on any atom is 0.219 e. The Morgan fingerprint density at radius 3 is 2.12 bits per heavy atom. The first-order valence-corrected chi connectivity index (χ1v) is 7.23. The first kappa shape index (κ1) is 16.4. The number of hydrogen-bond acceptors (Lipinski definition) is 2. The van der Waals surface area contributed by atoms with E-state index in [0.717, 1.165) is 26.1 Å². The second kappa shape index (κ2) is 11.9. The maximum atomic E-state index is 11.2. The van der Waals surface area contributed by atoms with Gasteiger partial charge in [0.15, 0.2) is 0 Å². The van der Waals surface area contributed by atoms with Crippen molar-refractivity contribution in [3.05, 3.63) is 0 Å². The lowest BCUT2D eigenvalue weighted by Crippen LogP contribution is -2.23. The van der Waals surface area contributed by atoms with Gasteiger partial charge in [0.2, 0.25) is 5.91 Å². The van der Waals surface area contributed by atoms with Gasteiger partial charge in [-0.1, -0.05) is 33.1 Å². The smallest absolute Gasteiger partial charge is 0.219 e. The van der Waals surface area contributed by atoms with Crippen LogP contribution in [-0.4, -0.2) is 37.0 Å². The zero-order valence-electron chi connectivity index (χ0n) is 11.9. The summed E-state index contributed by atoms with van der Waals surface area (Å²) in [5.41, 5.74) is 0. The third-order valence-corrected chi connectivity index (χ3v) is 3.15. The molecule has 0 aliphatic heterocycles.